The number of benzene rings is 1. The Morgan fingerprint density at radius 2 is 1.92 bits per heavy atom. The van der Waals surface area contributed by atoms with Gasteiger partial charge < -0.3 is 28.8 Å². The van der Waals surface area contributed by atoms with E-state index >= 15 is 0 Å². The fraction of sp³-hybridized carbons (Fsp3) is 0.632. The van der Waals surface area contributed by atoms with Crippen LogP contribution in [0.1, 0.15) is 25.8 Å². The van der Waals surface area contributed by atoms with Crippen LogP contribution in [0.3, 0.4) is 0 Å². The summed E-state index contributed by atoms with van der Waals surface area (Å²) >= 11 is 0. The highest BCUT2D eigenvalue weighted by Crippen LogP contribution is 2.34. The van der Waals surface area contributed by atoms with Crippen molar-refractivity contribution < 1.29 is 28.8 Å². The molecule has 1 aliphatic rings. The molecule has 1 fully saturated rings. The molecule has 1 aromatic carbocycles. The average Bonchev–Trinajstić information content (AvgIpc) is 2.67. The van der Waals surface area contributed by atoms with Gasteiger partial charge in [0.05, 0.1) is 25.2 Å². The molecule has 2 rings (SSSR count). The highest BCUT2D eigenvalue weighted by Gasteiger charge is 2.49. The van der Waals surface area contributed by atoms with Gasteiger partial charge in [0.25, 0.3) is 0 Å². The summed E-state index contributed by atoms with van der Waals surface area (Å²) in [6, 6.07) is 11.9. The summed E-state index contributed by atoms with van der Waals surface area (Å²) in [4.78, 5) is 0. The van der Waals surface area contributed by atoms with E-state index in [4.69, 9.17) is 23.7 Å². The van der Waals surface area contributed by atoms with Gasteiger partial charge >= 0.3 is 0 Å². The molecular formula is C19H27NO6. The predicted octanol–water partition coefficient (Wildman–Crippen LogP) is 2.19. The van der Waals surface area contributed by atoms with Crippen LogP contribution in [0.2, 0.25) is 0 Å². The minimum absolute atomic E-state index is 0.264. The fourth-order valence-electron chi connectivity index (χ4n) is 2.70. The number of rotatable bonds is 8. The van der Waals surface area contributed by atoms with Crippen LogP contribution in [-0.2, 0) is 30.3 Å². The van der Waals surface area contributed by atoms with E-state index in [-0.39, 0.29) is 12.5 Å². The van der Waals surface area contributed by atoms with Crippen LogP contribution >= 0.6 is 0 Å². The van der Waals surface area contributed by atoms with E-state index in [1.807, 2.05) is 30.3 Å². The van der Waals surface area contributed by atoms with E-state index in [9.17, 15) is 10.4 Å². The smallest absolute Gasteiger partial charge is 0.220 e. The number of nitrogens with zero attached hydrogens (tertiary/aromatic N) is 1. The van der Waals surface area contributed by atoms with E-state index in [1.54, 1.807) is 6.92 Å². The molecule has 1 saturated heterocycles. The molecule has 1 N–H and O–H groups in total. The third-order valence-electron chi connectivity index (χ3n) is 4.73. The second kappa shape index (κ2) is 8.91. The van der Waals surface area contributed by atoms with Crippen molar-refractivity contribution in [2.75, 3.05) is 20.8 Å². The van der Waals surface area contributed by atoms with E-state index in [0.29, 0.717) is 13.0 Å². The first-order valence-corrected chi connectivity index (χ1v) is 8.52. The lowest BCUT2D eigenvalue weighted by molar-refractivity contribution is -0.401. The summed E-state index contributed by atoms with van der Waals surface area (Å²) < 4.78 is 28.1. The Hall–Kier alpha value is -1.53. The Bertz CT molecular complexity index is 602. The predicted molar refractivity (Wildman–Crippen MR) is 92.6 cm³/mol. The van der Waals surface area contributed by atoms with Crippen molar-refractivity contribution in [3.63, 3.8) is 0 Å². The second-order valence-electron chi connectivity index (χ2n) is 6.55. The Morgan fingerprint density at radius 1 is 1.23 bits per heavy atom. The highest BCUT2D eigenvalue weighted by atomic mass is 16.8. The molecule has 0 unspecified atom stereocenters. The van der Waals surface area contributed by atoms with Crippen molar-refractivity contribution in [1.29, 1.82) is 5.26 Å². The van der Waals surface area contributed by atoms with Gasteiger partial charge in [-0.3, -0.25) is 0 Å². The lowest BCUT2D eigenvalue weighted by Crippen LogP contribution is -2.58. The lowest BCUT2D eigenvalue weighted by atomic mass is 9.99. The molecule has 0 amide bonds. The van der Waals surface area contributed by atoms with Crippen molar-refractivity contribution in [1.82, 2.24) is 0 Å². The number of aliphatic hydroxyl groups is 1. The first-order valence-electron chi connectivity index (χ1n) is 8.52. The molecule has 5 atom stereocenters. The Kier molecular flexibility index (Phi) is 7.12. The van der Waals surface area contributed by atoms with Crippen molar-refractivity contribution >= 4 is 0 Å². The zero-order valence-electron chi connectivity index (χ0n) is 15.7. The minimum atomic E-state index is -1.70. The standard InChI is InChI=1S/C19H27NO6/c1-18(21,22-3)19(2,23-4)26-16-10-15(11-20)13-25-17(16)24-12-14-8-6-5-7-9-14/h5-9,15-17,21H,10,12-13H2,1-4H3/t15-,16+,17-,18-,19+/m1/s1. The number of nitriles is 1. The zero-order valence-corrected chi connectivity index (χ0v) is 15.7. The highest BCUT2D eigenvalue weighted by molar-refractivity contribution is 5.13. The second-order valence-corrected chi connectivity index (χ2v) is 6.55. The van der Waals surface area contributed by atoms with Crippen molar-refractivity contribution in [3.05, 3.63) is 35.9 Å². The maximum atomic E-state index is 10.5. The zero-order chi connectivity index (χ0) is 19.2. The summed E-state index contributed by atoms with van der Waals surface area (Å²) in [5.74, 6) is -3.50. The van der Waals surface area contributed by atoms with Crippen molar-refractivity contribution in [3.8, 4) is 6.07 Å². The molecule has 0 aromatic heterocycles. The third-order valence-corrected chi connectivity index (χ3v) is 4.73. The van der Waals surface area contributed by atoms with Gasteiger partial charge in [-0.15, -0.1) is 0 Å². The number of methoxy groups -OCH3 is 2. The molecule has 0 bridgehead atoms. The summed E-state index contributed by atoms with van der Waals surface area (Å²) in [5, 5.41) is 19.7. The van der Waals surface area contributed by atoms with E-state index < -0.39 is 24.0 Å². The monoisotopic (exact) mass is 365 g/mol. The summed E-state index contributed by atoms with van der Waals surface area (Å²) in [6.45, 7) is 3.62. The first-order chi connectivity index (χ1) is 12.3. The molecule has 7 nitrogen and oxygen atoms in total. The summed E-state index contributed by atoms with van der Waals surface area (Å²) in [5.41, 5.74) is 0.996. The maximum absolute atomic E-state index is 10.5. The van der Waals surface area contributed by atoms with Crippen molar-refractivity contribution in [2.45, 2.75) is 50.8 Å². The number of hydrogen-bond acceptors (Lipinski definition) is 7. The SMILES string of the molecule is CO[C@@](C)(O[C@H]1C[C@H](C#N)CO[C@H]1OCc1ccccc1)[C@](C)(O)OC. The lowest BCUT2D eigenvalue weighted by Gasteiger charge is -2.44. The van der Waals surface area contributed by atoms with Gasteiger partial charge in [-0.25, -0.2) is 0 Å². The Labute approximate surface area is 154 Å². The molecule has 0 radical (unpaired) electrons. The molecule has 26 heavy (non-hydrogen) atoms. The Morgan fingerprint density at radius 3 is 2.50 bits per heavy atom. The van der Waals surface area contributed by atoms with Gasteiger partial charge in [0.15, 0.2) is 6.29 Å². The molecule has 1 aromatic rings. The van der Waals surface area contributed by atoms with Gasteiger partial charge in [0, 0.05) is 14.2 Å². The summed E-state index contributed by atoms with van der Waals surface area (Å²) in [6.07, 6.45) is -0.903. The third kappa shape index (κ3) is 4.80. The molecule has 7 heteroatoms. The van der Waals surface area contributed by atoms with Crippen LogP contribution in [-0.4, -0.2) is 49.9 Å². The minimum Gasteiger partial charge on any atom is -0.362 e. The number of ether oxygens (including phenoxy) is 5. The van der Waals surface area contributed by atoms with Crippen LogP contribution in [0.5, 0.6) is 0 Å². The first kappa shape index (κ1) is 20.8. The van der Waals surface area contributed by atoms with Gasteiger partial charge in [-0.2, -0.15) is 5.26 Å². The molecular weight excluding hydrogens is 338 g/mol. The molecule has 144 valence electrons. The summed E-state index contributed by atoms with van der Waals surface area (Å²) in [7, 11) is 2.78. The van der Waals surface area contributed by atoms with Gasteiger partial charge in [-0.05, 0) is 25.8 Å². The molecule has 1 aliphatic heterocycles. The van der Waals surface area contributed by atoms with Crippen LogP contribution < -0.4 is 0 Å². The Balaban J connectivity index is 2.12. The topological polar surface area (TPSA) is 90.2 Å². The van der Waals surface area contributed by atoms with E-state index in [2.05, 4.69) is 6.07 Å². The quantitative estimate of drug-likeness (QED) is 0.706. The average molecular weight is 365 g/mol. The maximum Gasteiger partial charge on any atom is 0.220 e. The molecule has 1 heterocycles. The fourth-order valence-corrected chi connectivity index (χ4v) is 2.70. The normalized spacial score (nSPS) is 27.9. The molecule has 0 spiro atoms. The van der Waals surface area contributed by atoms with Gasteiger partial charge in [-0.1, -0.05) is 30.3 Å². The van der Waals surface area contributed by atoms with Gasteiger partial charge in [0.2, 0.25) is 11.6 Å². The van der Waals surface area contributed by atoms with Crippen LogP contribution in [0, 0.1) is 17.2 Å². The van der Waals surface area contributed by atoms with Crippen molar-refractivity contribution in [2.24, 2.45) is 5.92 Å². The van der Waals surface area contributed by atoms with Crippen LogP contribution in [0.25, 0.3) is 0 Å². The molecule has 0 aliphatic carbocycles. The van der Waals surface area contributed by atoms with E-state index in [1.165, 1.54) is 21.1 Å². The molecule has 0 saturated carbocycles. The van der Waals surface area contributed by atoms with Gasteiger partial charge in [0.1, 0.15) is 6.10 Å². The number of hydrogen-bond donors (Lipinski definition) is 1. The largest absolute Gasteiger partial charge is 0.362 e. The van der Waals surface area contributed by atoms with E-state index in [0.717, 1.165) is 5.56 Å². The van der Waals surface area contributed by atoms with Crippen LogP contribution in [0.15, 0.2) is 30.3 Å². The van der Waals surface area contributed by atoms with Crippen LogP contribution in [0.4, 0.5) is 0 Å².